The van der Waals surface area contributed by atoms with Crippen LogP contribution in [0.1, 0.15) is 11.3 Å². The van der Waals surface area contributed by atoms with Gasteiger partial charge in [-0.1, -0.05) is 12.1 Å². The van der Waals surface area contributed by atoms with Gasteiger partial charge in [-0.15, -0.1) is 0 Å². The van der Waals surface area contributed by atoms with Crippen LogP contribution in [0.25, 0.3) is 0 Å². The van der Waals surface area contributed by atoms with Crippen molar-refractivity contribution in [2.45, 2.75) is 13.1 Å². The second kappa shape index (κ2) is 5.41. The Morgan fingerprint density at radius 1 is 1.24 bits per heavy atom. The van der Waals surface area contributed by atoms with Crippen LogP contribution in [0.3, 0.4) is 0 Å². The van der Waals surface area contributed by atoms with E-state index in [-0.39, 0.29) is 5.75 Å². The summed E-state index contributed by atoms with van der Waals surface area (Å²) < 4.78 is 10.2. The summed E-state index contributed by atoms with van der Waals surface area (Å²) >= 11 is 0. The molecule has 0 aliphatic heterocycles. The molecule has 1 aromatic carbocycles. The Kier molecular flexibility index (Phi) is 3.67. The molecule has 1 heterocycles. The van der Waals surface area contributed by atoms with Gasteiger partial charge in [-0.3, -0.25) is 0 Å². The van der Waals surface area contributed by atoms with E-state index in [0.29, 0.717) is 18.8 Å². The van der Waals surface area contributed by atoms with Crippen LogP contribution in [0.15, 0.2) is 41.0 Å². The molecule has 0 saturated heterocycles. The number of phenolic OH excluding ortho intramolecular Hbond substituents is 1. The molecule has 1 aromatic heterocycles. The molecule has 2 rings (SSSR count). The van der Waals surface area contributed by atoms with Crippen molar-refractivity contribution >= 4 is 0 Å². The molecular weight excluding hydrogens is 218 g/mol. The van der Waals surface area contributed by atoms with E-state index in [1.807, 2.05) is 24.3 Å². The first kappa shape index (κ1) is 11.5. The number of benzene rings is 1. The van der Waals surface area contributed by atoms with Crippen LogP contribution < -0.4 is 10.1 Å². The number of hydrogen-bond donors (Lipinski definition) is 2. The van der Waals surface area contributed by atoms with Gasteiger partial charge >= 0.3 is 0 Å². The van der Waals surface area contributed by atoms with Crippen molar-refractivity contribution in [2.75, 3.05) is 7.11 Å². The Balaban J connectivity index is 1.95. The number of aromatic hydroxyl groups is 1. The van der Waals surface area contributed by atoms with E-state index in [0.717, 1.165) is 11.3 Å². The topological polar surface area (TPSA) is 54.6 Å². The van der Waals surface area contributed by atoms with E-state index in [4.69, 9.17) is 9.15 Å². The summed E-state index contributed by atoms with van der Waals surface area (Å²) in [5, 5.41) is 13.0. The summed E-state index contributed by atoms with van der Waals surface area (Å²) in [6.45, 7) is 1.19. The number of nitrogens with one attached hydrogen (secondary N) is 1. The zero-order valence-corrected chi connectivity index (χ0v) is 9.64. The first-order valence-corrected chi connectivity index (χ1v) is 5.39. The van der Waals surface area contributed by atoms with E-state index in [2.05, 4.69) is 5.32 Å². The normalized spacial score (nSPS) is 10.4. The molecule has 0 aliphatic rings. The molecule has 0 saturated carbocycles. The van der Waals surface area contributed by atoms with Gasteiger partial charge in [0, 0.05) is 12.1 Å². The van der Waals surface area contributed by atoms with Crippen molar-refractivity contribution in [3.8, 4) is 11.5 Å². The highest BCUT2D eigenvalue weighted by Gasteiger charge is 2.06. The van der Waals surface area contributed by atoms with E-state index < -0.39 is 0 Å². The Morgan fingerprint density at radius 2 is 2.12 bits per heavy atom. The molecule has 0 fully saturated rings. The molecule has 0 bridgehead atoms. The van der Waals surface area contributed by atoms with E-state index >= 15 is 0 Å². The van der Waals surface area contributed by atoms with Crippen molar-refractivity contribution in [1.82, 2.24) is 5.32 Å². The first-order chi connectivity index (χ1) is 8.31. The lowest BCUT2D eigenvalue weighted by Gasteiger charge is -2.09. The van der Waals surface area contributed by atoms with Crippen LogP contribution in [0, 0.1) is 0 Å². The fourth-order valence-corrected chi connectivity index (χ4v) is 1.61. The molecule has 90 valence electrons. The Morgan fingerprint density at radius 3 is 2.82 bits per heavy atom. The minimum Gasteiger partial charge on any atom is -0.504 e. The molecular formula is C13H15NO3. The van der Waals surface area contributed by atoms with Gasteiger partial charge in [-0.25, -0.2) is 0 Å². The summed E-state index contributed by atoms with van der Waals surface area (Å²) in [7, 11) is 1.54. The SMILES string of the molecule is COc1cccc(CNCc2ccco2)c1O. The molecule has 4 heteroatoms. The van der Waals surface area contributed by atoms with Gasteiger partial charge < -0.3 is 19.6 Å². The van der Waals surface area contributed by atoms with E-state index in [1.165, 1.54) is 7.11 Å². The number of rotatable bonds is 5. The first-order valence-electron chi connectivity index (χ1n) is 5.39. The Hall–Kier alpha value is -1.94. The highest BCUT2D eigenvalue weighted by atomic mass is 16.5. The smallest absolute Gasteiger partial charge is 0.162 e. The monoisotopic (exact) mass is 233 g/mol. The lowest BCUT2D eigenvalue weighted by Crippen LogP contribution is -2.12. The van der Waals surface area contributed by atoms with Gasteiger partial charge in [0.25, 0.3) is 0 Å². The van der Waals surface area contributed by atoms with E-state index in [9.17, 15) is 5.11 Å². The van der Waals surface area contributed by atoms with Crippen molar-refractivity contribution < 1.29 is 14.3 Å². The third-order valence-corrected chi connectivity index (χ3v) is 2.50. The summed E-state index contributed by atoms with van der Waals surface area (Å²) in [5.74, 6) is 1.54. The highest BCUT2D eigenvalue weighted by Crippen LogP contribution is 2.29. The standard InChI is InChI=1S/C13H15NO3/c1-16-12-6-2-4-10(13(12)15)8-14-9-11-5-3-7-17-11/h2-7,14-15H,8-9H2,1H3. The molecule has 0 aliphatic carbocycles. The van der Waals surface area contributed by atoms with Crippen LogP contribution in [0.5, 0.6) is 11.5 Å². The van der Waals surface area contributed by atoms with Gasteiger partial charge in [0.2, 0.25) is 0 Å². The molecule has 0 amide bonds. The maximum atomic E-state index is 9.86. The molecule has 0 spiro atoms. The zero-order chi connectivity index (χ0) is 12.1. The molecule has 2 N–H and O–H groups in total. The maximum Gasteiger partial charge on any atom is 0.162 e. The van der Waals surface area contributed by atoms with Crippen LogP contribution >= 0.6 is 0 Å². The summed E-state index contributed by atoms with van der Waals surface area (Å²) in [6.07, 6.45) is 1.64. The summed E-state index contributed by atoms with van der Waals surface area (Å²) in [4.78, 5) is 0. The lowest BCUT2D eigenvalue weighted by molar-refractivity contribution is 0.369. The second-order valence-corrected chi connectivity index (χ2v) is 3.65. The Labute approximate surface area is 99.8 Å². The highest BCUT2D eigenvalue weighted by molar-refractivity contribution is 5.45. The third kappa shape index (κ3) is 2.79. The Bertz CT molecular complexity index is 466. The van der Waals surface area contributed by atoms with Gasteiger partial charge in [0.1, 0.15) is 5.76 Å². The lowest BCUT2D eigenvalue weighted by atomic mass is 10.2. The molecule has 17 heavy (non-hydrogen) atoms. The van der Waals surface area contributed by atoms with Gasteiger partial charge in [0.05, 0.1) is 19.9 Å². The van der Waals surface area contributed by atoms with Gasteiger partial charge in [-0.2, -0.15) is 0 Å². The average Bonchev–Trinajstić information content (AvgIpc) is 2.84. The molecule has 2 aromatic rings. The fourth-order valence-electron chi connectivity index (χ4n) is 1.61. The van der Waals surface area contributed by atoms with Gasteiger partial charge in [-0.05, 0) is 18.2 Å². The zero-order valence-electron chi connectivity index (χ0n) is 9.64. The molecule has 4 nitrogen and oxygen atoms in total. The predicted molar refractivity (Wildman–Crippen MR) is 63.9 cm³/mol. The minimum atomic E-state index is 0.182. The summed E-state index contributed by atoms with van der Waals surface area (Å²) in [6, 6.07) is 9.18. The number of para-hydroxylation sites is 1. The molecule has 0 radical (unpaired) electrons. The number of hydrogen-bond acceptors (Lipinski definition) is 4. The number of methoxy groups -OCH3 is 1. The van der Waals surface area contributed by atoms with Crippen molar-refractivity contribution in [3.63, 3.8) is 0 Å². The summed E-state index contributed by atoms with van der Waals surface area (Å²) in [5.41, 5.74) is 0.802. The van der Waals surface area contributed by atoms with Crippen LogP contribution in [-0.2, 0) is 13.1 Å². The van der Waals surface area contributed by atoms with Crippen molar-refractivity contribution in [1.29, 1.82) is 0 Å². The quantitative estimate of drug-likeness (QED) is 0.832. The molecule has 0 unspecified atom stereocenters. The molecule has 0 atom stereocenters. The number of ether oxygens (including phenoxy) is 1. The average molecular weight is 233 g/mol. The van der Waals surface area contributed by atoms with Crippen LogP contribution in [0.2, 0.25) is 0 Å². The van der Waals surface area contributed by atoms with E-state index in [1.54, 1.807) is 12.3 Å². The minimum absolute atomic E-state index is 0.182. The third-order valence-electron chi connectivity index (χ3n) is 2.50. The number of furan rings is 1. The maximum absolute atomic E-state index is 9.86. The fraction of sp³-hybridized carbons (Fsp3) is 0.231. The number of phenols is 1. The largest absolute Gasteiger partial charge is 0.504 e. The van der Waals surface area contributed by atoms with Crippen LogP contribution in [-0.4, -0.2) is 12.2 Å². The predicted octanol–water partition coefficient (Wildman–Crippen LogP) is 2.28. The van der Waals surface area contributed by atoms with Crippen molar-refractivity contribution in [3.05, 3.63) is 47.9 Å². The van der Waals surface area contributed by atoms with Crippen molar-refractivity contribution in [2.24, 2.45) is 0 Å². The second-order valence-electron chi connectivity index (χ2n) is 3.65. The van der Waals surface area contributed by atoms with Gasteiger partial charge in [0.15, 0.2) is 11.5 Å². The van der Waals surface area contributed by atoms with Crippen LogP contribution in [0.4, 0.5) is 0 Å².